The molecule has 0 bridgehead atoms. The molecule has 0 aliphatic carbocycles. The van der Waals surface area contributed by atoms with Crippen molar-refractivity contribution in [3.8, 4) is 0 Å². The van der Waals surface area contributed by atoms with Crippen LogP contribution in [0.1, 0.15) is 10.5 Å². The van der Waals surface area contributed by atoms with Gasteiger partial charge in [0.25, 0.3) is 5.91 Å². The van der Waals surface area contributed by atoms with Gasteiger partial charge in [-0.1, -0.05) is 12.1 Å². The van der Waals surface area contributed by atoms with Crippen LogP contribution in [0.25, 0.3) is 10.9 Å². The molecule has 2 N–H and O–H groups in total. The summed E-state index contributed by atoms with van der Waals surface area (Å²) in [6, 6.07) is 9.42. The van der Waals surface area contributed by atoms with Crippen molar-refractivity contribution in [2.24, 2.45) is 7.05 Å². The van der Waals surface area contributed by atoms with Gasteiger partial charge >= 0.3 is 0 Å². The summed E-state index contributed by atoms with van der Waals surface area (Å²) in [6.07, 6.45) is 3.45. The maximum atomic E-state index is 12.1. The number of hydrogen-bond donors (Lipinski definition) is 2. The smallest absolute Gasteiger partial charge is 0.273 e. The van der Waals surface area contributed by atoms with Crippen LogP contribution in [-0.4, -0.2) is 20.7 Å². The van der Waals surface area contributed by atoms with Gasteiger partial charge in [0.2, 0.25) is 0 Å². The molecule has 1 amide bonds. The highest BCUT2D eigenvalue weighted by Gasteiger charge is 2.11. The first-order valence-corrected chi connectivity index (χ1v) is 5.61. The van der Waals surface area contributed by atoms with Gasteiger partial charge in [0, 0.05) is 24.8 Å². The molecule has 2 aromatic heterocycles. The standard InChI is InChI=1S/C13H12N4O/c1-17-11(6-8-15-17)13(18)16-10-4-2-3-9-5-7-14-12(9)10/h2-8,14H,1H3,(H,16,18). The zero-order valence-electron chi connectivity index (χ0n) is 9.84. The van der Waals surface area contributed by atoms with Gasteiger partial charge < -0.3 is 10.3 Å². The number of carbonyl (C=O) groups excluding carboxylic acids is 1. The minimum absolute atomic E-state index is 0.169. The molecule has 0 radical (unpaired) electrons. The molecule has 0 aliphatic heterocycles. The van der Waals surface area contributed by atoms with Gasteiger partial charge in [0.15, 0.2) is 0 Å². The van der Waals surface area contributed by atoms with E-state index in [1.807, 2.05) is 30.5 Å². The van der Waals surface area contributed by atoms with Crippen LogP contribution in [0.2, 0.25) is 0 Å². The molecule has 2 heterocycles. The van der Waals surface area contributed by atoms with E-state index in [0.29, 0.717) is 5.69 Å². The molecule has 18 heavy (non-hydrogen) atoms. The number of carbonyl (C=O) groups is 1. The molecule has 0 saturated carbocycles. The zero-order chi connectivity index (χ0) is 12.5. The highest BCUT2D eigenvalue weighted by molar-refractivity contribution is 6.07. The third kappa shape index (κ3) is 1.66. The van der Waals surface area contributed by atoms with Crippen molar-refractivity contribution in [3.05, 3.63) is 48.4 Å². The Morgan fingerprint density at radius 2 is 2.22 bits per heavy atom. The number of nitrogens with zero attached hydrogens (tertiary/aromatic N) is 2. The Hall–Kier alpha value is -2.56. The molecule has 1 aromatic carbocycles. The largest absolute Gasteiger partial charge is 0.359 e. The Kier molecular flexibility index (Phi) is 2.37. The molecule has 90 valence electrons. The van der Waals surface area contributed by atoms with Crippen LogP contribution in [0, 0.1) is 0 Å². The number of anilines is 1. The van der Waals surface area contributed by atoms with Crippen molar-refractivity contribution in [1.29, 1.82) is 0 Å². The van der Waals surface area contributed by atoms with E-state index < -0.39 is 0 Å². The van der Waals surface area contributed by atoms with E-state index in [9.17, 15) is 4.79 Å². The maximum Gasteiger partial charge on any atom is 0.273 e. The number of rotatable bonds is 2. The van der Waals surface area contributed by atoms with Crippen molar-refractivity contribution in [3.63, 3.8) is 0 Å². The second-order valence-electron chi connectivity index (χ2n) is 4.04. The minimum atomic E-state index is -0.169. The predicted molar refractivity (Wildman–Crippen MR) is 69.5 cm³/mol. The van der Waals surface area contributed by atoms with Crippen LogP contribution in [-0.2, 0) is 7.05 Å². The topological polar surface area (TPSA) is 62.7 Å². The van der Waals surface area contributed by atoms with E-state index in [0.717, 1.165) is 16.6 Å². The molecule has 0 spiro atoms. The summed E-state index contributed by atoms with van der Waals surface area (Å²) in [7, 11) is 1.74. The molecule has 3 rings (SSSR count). The number of aryl methyl sites for hydroxylation is 1. The van der Waals surface area contributed by atoms with E-state index in [1.54, 1.807) is 24.0 Å². The second-order valence-corrected chi connectivity index (χ2v) is 4.04. The molecule has 0 saturated heterocycles. The second kappa shape index (κ2) is 4.03. The normalized spacial score (nSPS) is 10.7. The van der Waals surface area contributed by atoms with E-state index in [1.165, 1.54) is 0 Å². The summed E-state index contributed by atoms with van der Waals surface area (Å²) >= 11 is 0. The third-order valence-corrected chi connectivity index (χ3v) is 2.89. The van der Waals surface area contributed by atoms with E-state index in [2.05, 4.69) is 15.4 Å². The Morgan fingerprint density at radius 1 is 1.33 bits per heavy atom. The summed E-state index contributed by atoms with van der Waals surface area (Å²) in [5.74, 6) is -0.169. The number of aromatic nitrogens is 3. The molecule has 5 heteroatoms. The SMILES string of the molecule is Cn1nccc1C(=O)Nc1cccc2cc[nH]c12. The Bertz CT molecular complexity index is 710. The lowest BCUT2D eigenvalue weighted by molar-refractivity contribution is 0.101. The molecule has 0 unspecified atom stereocenters. The first kappa shape index (κ1) is 10.6. The fraction of sp³-hybridized carbons (Fsp3) is 0.0769. The highest BCUT2D eigenvalue weighted by atomic mass is 16.2. The van der Waals surface area contributed by atoms with Gasteiger partial charge in [-0.15, -0.1) is 0 Å². The number of amides is 1. The summed E-state index contributed by atoms with van der Waals surface area (Å²) in [5, 5.41) is 7.93. The quantitative estimate of drug-likeness (QED) is 0.721. The summed E-state index contributed by atoms with van der Waals surface area (Å²) < 4.78 is 1.55. The van der Waals surface area contributed by atoms with E-state index in [-0.39, 0.29) is 5.91 Å². The first-order valence-electron chi connectivity index (χ1n) is 5.61. The van der Waals surface area contributed by atoms with Gasteiger partial charge in [0.1, 0.15) is 5.69 Å². The molecule has 3 aromatic rings. The van der Waals surface area contributed by atoms with Crippen molar-refractivity contribution in [2.75, 3.05) is 5.32 Å². The molecule has 0 fully saturated rings. The summed E-state index contributed by atoms with van der Waals surface area (Å²) in [6.45, 7) is 0. The monoisotopic (exact) mass is 240 g/mol. The molecular formula is C13H12N4O. The van der Waals surface area contributed by atoms with Crippen LogP contribution in [0.3, 0.4) is 0 Å². The Labute approximate surface area is 103 Å². The predicted octanol–water partition coefficient (Wildman–Crippen LogP) is 2.15. The third-order valence-electron chi connectivity index (χ3n) is 2.89. The Morgan fingerprint density at radius 3 is 3.00 bits per heavy atom. The van der Waals surface area contributed by atoms with Crippen LogP contribution < -0.4 is 5.32 Å². The number of benzene rings is 1. The molecule has 0 atom stereocenters. The van der Waals surface area contributed by atoms with Crippen molar-refractivity contribution in [1.82, 2.24) is 14.8 Å². The van der Waals surface area contributed by atoms with Crippen LogP contribution in [0.5, 0.6) is 0 Å². The number of hydrogen-bond acceptors (Lipinski definition) is 2. The van der Waals surface area contributed by atoms with Crippen LogP contribution >= 0.6 is 0 Å². The summed E-state index contributed by atoms with van der Waals surface area (Å²) in [5.41, 5.74) is 2.22. The number of fused-ring (bicyclic) bond motifs is 1. The molecular weight excluding hydrogens is 228 g/mol. The number of para-hydroxylation sites is 1. The van der Waals surface area contributed by atoms with Gasteiger partial charge in [-0.3, -0.25) is 9.48 Å². The maximum absolute atomic E-state index is 12.1. The van der Waals surface area contributed by atoms with Gasteiger partial charge in [-0.2, -0.15) is 5.10 Å². The van der Waals surface area contributed by atoms with Crippen LogP contribution in [0.15, 0.2) is 42.7 Å². The minimum Gasteiger partial charge on any atom is -0.359 e. The fourth-order valence-corrected chi connectivity index (χ4v) is 1.97. The lowest BCUT2D eigenvalue weighted by atomic mass is 10.2. The number of H-pyrrole nitrogens is 1. The van der Waals surface area contributed by atoms with Gasteiger partial charge in [-0.25, -0.2) is 0 Å². The van der Waals surface area contributed by atoms with Gasteiger partial charge in [0.05, 0.1) is 11.2 Å². The van der Waals surface area contributed by atoms with Gasteiger partial charge in [-0.05, 0) is 18.2 Å². The average molecular weight is 240 g/mol. The Balaban J connectivity index is 1.95. The fourth-order valence-electron chi connectivity index (χ4n) is 1.97. The van der Waals surface area contributed by atoms with E-state index >= 15 is 0 Å². The highest BCUT2D eigenvalue weighted by Crippen LogP contribution is 2.21. The van der Waals surface area contributed by atoms with Crippen LogP contribution in [0.4, 0.5) is 5.69 Å². The lowest BCUT2D eigenvalue weighted by Gasteiger charge is -2.06. The zero-order valence-corrected chi connectivity index (χ0v) is 9.84. The lowest BCUT2D eigenvalue weighted by Crippen LogP contribution is -2.16. The van der Waals surface area contributed by atoms with Crippen molar-refractivity contribution in [2.45, 2.75) is 0 Å². The summed E-state index contributed by atoms with van der Waals surface area (Å²) in [4.78, 5) is 15.2. The van der Waals surface area contributed by atoms with Crippen molar-refractivity contribution < 1.29 is 4.79 Å². The number of nitrogens with one attached hydrogen (secondary N) is 2. The van der Waals surface area contributed by atoms with E-state index in [4.69, 9.17) is 0 Å². The molecule has 0 aliphatic rings. The number of aromatic amines is 1. The van der Waals surface area contributed by atoms with Crippen molar-refractivity contribution >= 4 is 22.5 Å². The molecule has 5 nitrogen and oxygen atoms in total. The average Bonchev–Trinajstić information content (AvgIpc) is 2.97. The first-order chi connectivity index (χ1) is 8.75.